The minimum atomic E-state index is 0. The molecule has 2 nitrogen and oxygen atoms in total. The number of piperazine rings is 1. The Balaban J connectivity index is 0.000000902. The van der Waals surface area contributed by atoms with Gasteiger partial charge in [0.1, 0.15) is 0 Å². The van der Waals surface area contributed by atoms with E-state index in [4.69, 9.17) is 11.6 Å². The summed E-state index contributed by atoms with van der Waals surface area (Å²) in [4.78, 5) is 2.61. The summed E-state index contributed by atoms with van der Waals surface area (Å²) in [5, 5.41) is 4.35. The van der Waals surface area contributed by atoms with Crippen LogP contribution in [0.2, 0.25) is 5.02 Å². The molecule has 108 valence electrons. The van der Waals surface area contributed by atoms with Crippen molar-refractivity contribution in [2.24, 2.45) is 5.92 Å². The van der Waals surface area contributed by atoms with Gasteiger partial charge in [-0.2, -0.15) is 0 Å². The van der Waals surface area contributed by atoms with Crippen molar-refractivity contribution in [3.8, 4) is 0 Å². The van der Waals surface area contributed by atoms with Crippen LogP contribution in [0, 0.1) is 5.92 Å². The van der Waals surface area contributed by atoms with Gasteiger partial charge in [0.2, 0.25) is 0 Å². The van der Waals surface area contributed by atoms with E-state index in [1.54, 1.807) is 0 Å². The first-order chi connectivity index (χ1) is 8.36. The standard InChI is InChI=1S/C14H19ClN2.2ClH/c15-13-4-2-1-3-12(13)14(11-5-6-11)17-9-7-16-8-10-17;;/h1-4,11,14,16H,5-10H2;2*1H/t14-;;/m0../s1. The summed E-state index contributed by atoms with van der Waals surface area (Å²) in [7, 11) is 0. The van der Waals surface area contributed by atoms with Gasteiger partial charge in [-0.25, -0.2) is 0 Å². The quantitative estimate of drug-likeness (QED) is 0.915. The highest BCUT2D eigenvalue weighted by Crippen LogP contribution is 2.46. The van der Waals surface area contributed by atoms with E-state index in [1.807, 2.05) is 12.1 Å². The molecule has 1 saturated carbocycles. The lowest BCUT2D eigenvalue weighted by molar-refractivity contribution is 0.156. The second-order valence-electron chi connectivity index (χ2n) is 5.09. The summed E-state index contributed by atoms with van der Waals surface area (Å²) in [6, 6.07) is 8.90. The Bertz CT molecular complexity index is 390. The number of benzene rings is 1. The molecule has 0 aromatic heterocycles. The van der Waals surface area contributed by atoms with E-state index in [0.29, 0.717) is 6.04 Å². The molecular weight excluding hydrogens is 303 g/mol. The summed E-state index contributed by atoms with van der Waals surface area (Å²) >= 11 is 6.37. The Morgan fingerprint density at radius 1 is 1.11 bits per heavy atom. The first kappa shape index (κ1) is 17.1. The molecule has 19 heavy (non-hydrogen) atoms. The Morgan fingerprint density at radius 3 is 2.32 bits per heavy atom. The van der Waals surface area contributed by atoms with Crippen molar-refractivity contribution in [3.05, 3.63) is 34.9 Å². The molecular formula is C14H21Cl3N2. The lowest BCUT2D eigenvalue weighted by Crippen LogP contribution is -2.45. The zero-order valence-corrected chi connectivity index (χ0v) is 13.2. The molecule has 0 radical (unpaired) electrons. The average molecular weight is 324 g/mol. The zero-order chi connectivity index (χ0) is 11.7. The predicted octanol–water partition coefficient (Wildman–Crippen LogP) is 3.54. The van der Waals surface area contributed by atoms with Gasteiger partial charge in [-0.05, 0) is 30.4 Å². The van der Waals surface area contributed by atoms with Crippen LogP contribution in [-0.4, -0.2) is 31.1 Å². The highest BCUT2D eigenvalue weighted by atomic mass is 35.5. The fourth-order valence-corrected chi connectivity index (χ4v) is 3.08. The summed E-state index contributed by atoms with van der Waals surface area (Å²) in [6.07, 6.45) is 2.72. The van der Waals surface area contributed by atoms with E-state index in [1.165, 1.54) is 18.4 Å². The van der Waals surface area contributed by atoms with Crippen LogP contribution in [0.4, 0.5) is 0 Å². The van der Waals surface area contributed by atoms with Crippen molar-refractivity contribution < 1.29 is 0 Å². The van der Waals surface area contributed by atoms with Crippen LogP contribution in [-0.2, 0) is 0 Å². The Hall–Kier alpha value is 0.01000. The molecule has 1 heterocycles. The summed E-state index contributed by atoms with van der Waals surface area (Å²) < 4.78 is 0. The van der Waals surface area contributed by atoms with Crippen LogP contribution in [0.25, 0.3) is 0 Å². The fourth-order valence-electron chi connectivity index (χ4n) is 2.84. The highest BCUT2D eigenvalue weighted by Gasteiger charge is 2.37. The third-order valence-electron chi connectivity index (χ3n) is 3.84. The molecule has 1 aliphatic carbocycles. The van der Waals surface area contributed by atoms with Gasteiger partial charge in [0.25, 0.3) is 0 Å². The second kappa shape index (κ2) is 7.70. The lowest BCUT2D eigenvalue weighted by Gasteiger charge is -2.35. The van der Waals surface area contributed by atoms with Crippen LogP contribution in [0.5, 0.6) is 0 Å². The minimum absolute atomic E-state index is 0. The topological polar surface area (TPSA) is 15.3 Å². The minimum Gasteiger partial charge on any atom is -0.314 e. The zero-order valence-electron chi connectivity index (χ0n) is 10.8. The van der Waals surface area contributed by atoms with E-state index in [-0.39, 0.29) is 24.8 Å². The SMILES string of the molecule is Cl.Cl.Clc1ccccc1[C@H](C1CC1)N1CCNCC1. The third-order valence-corrected chi connectivity index (χ3v) is 4.18. The summed E-state index contributed by atoms with van der Waals surface area (Å²) in [6.45, 7) is 4.50. The summed E-state index contributed by atoms with van der Waals surface area (Å²) in [5.74, 6) is 0.827. The van der Waals surface area contributed by atoms with Crippen molar-refractivity contribution in [2.75, 3.05) is 26.2 Å². The monoisotopic (exact) mass is 322 g/mol. The molecule has 1 aromatic carbocycles. The molecule has 1 saturated heterocycles. The van der Waals surface area contributed by atoms with Crippen molar-refractivity contribution in [1.29, 1.82) is 0 Å². The molecule has 0 bridgehead atoms. The Labute approximate surface area is 132 Å². The van der Waals surface area contributed by atoms with Crippen LogP contribution in [0.3, 0.4) is 0 Å². The molecule has 0 spiro atoms. The number of hydrogen-bond acceptors (Lipinski definition) is 2. The van der Waals surface area contributed by atoms with Crippen LogP contribution in [0.1, 0.15) is 24.4 Å². The molecule has 1 aromatic rings. The highest BCUT2D eigenvalue weighted by molar-refractivity contribution is 6.31. The lowest BCUT2D eigenvalue weighted by atomic mass is 10.00. The molecule has 5 heteroatoms. The van der Waals surface area contributed by atoms with Gasteiger partial charge >= 0.3 is 0 Å². The number of nitrogens with zero attached hydrogens (tertiary/aromatic N) is 1. The van der Waals surface area contributed by atoms with Crippen molar-refractivity contribution >= 4 is 36.4 Å². The normalized spacial score (nSPS) is 21.1. The van der Waals surface area contributed by atoms with Gasteiger partial charge in [0.05, 0.1) is 0 Å². The van der Waals surface area contributed by atoms with Crippen molar-refractivity contribution in [1.82, 2.24) is 10.2 Å². The second-order valence-corrected chi connectivity index (χ2v) is 5.50. The molecule has 2 aliphatic rings. The molecule has 3 rings (SSSR count). The average Bonchev–Trinajstić information content (AvgIpc) is 3.18. The molecule has 0 amide bonds. The maximum atomic E-state index is 6.37. The molecule has 2 fully saturated rings. The predicted molar refractivity (Wildman–Crippen MR) is 85.9 cm³/mol. The van der Waals surface area contributed by atoms with Gasteiger partial charge < -0.3 is 5.32 Å². The van der Waals surface area contributed by atoms with Crippen molar-refractivity contribution in [3.63, 3.8) is 0 Å². The summed E-state index contributed by atoms with van der Waals surface area (Å²) in [5.41, 5.74) is 1.33. The first-order valence-electron chi connectivity index (χ1n) is 6.55. The first-order valence-corrected chi connectivity index (χ1v) is 6.93. The Kier molecular flexibility index (Phi) is 6.92. The molecule has 1 atom stereocenters. The number of nitrogens with one attached hydrogen (secondary N) is 1. The number of rotatable bonds is 3. The van der Waals surface area contributed by atoms with Crippen LogP contribution in [0.15, 0.2) is 24.3 Å². The van der Waals surface area contributed by atoms with Gasteiger partial charge in [-0.3, -0.25) is 4.90 Å². The maximum absolute atomic E-state index is 6.37. The molecule has 0 unspecified atom stereocenters. The van der Waals surface area contributed by atoms with E-state index in [2.05, 4.69) is 22.3 Å². The van der Waals surface area contributed by atoms with Gasteiger partial charge in [0.15, 0.2) is 0 Å². The fraction of sp³-hybridized carbons (Fsp3) is 0.571. The van der Waals surface area contributed by atoms with E-state index >= 15 is 0 Å². The molecule has 1 N–H and O–H groups in total. The third kappa shape index (κ3) is 3.99. The number of halogens is 3. The maximum Gasteiger partial charge on any atom is 0.0453 e. The van der Waals surface area contributed by atoms with Crippen LogP contribution < -0.4 is 5.32 Å². The van der Waals surface area contributed by atoms with E-state index in [9.17, 15) is 0 Å². The van der Waals surface area contributed by atoms with Crippen molar-refractivity contribution in [2.45, 2.75) is 18.9 Å². The Morgan fingerprint density at radius 2 is 1.74 bits per heavy atom. The van der Waals surface area contributed by atoms with E-state index < -0.39 is 0 Å². The largest absolute Gasteiger partial charge is 0.314 e. The van der Waals surface area contributed by atoms with Gasteiger partial charge in [-0.15, -0.1) is 24.8 Å². The van der Waals surface area contributed by atoms with Gasteiger partial charge in [-0.1, -0.05) is 29.8 Å². The number of hydrogen-bond donors (Lipinski definition) is 1. The molecule has 1 aliphatic heterocycles. The van der Waals surface area contributed by atoms with E-state index in [0.717, 1.165) is 37.1 Å². The van der Waals surface area contributed by atoms with Gasteiger partial charge in [0, 0.05) is 37.2 Å². The smallest absolute Gasteiger partial charge is 0.0453 e. The van der Waals surface area contributed by atoms with Crippen LogP contribution >= 0.6 is 36.4 Å².